The zero-order valence-corrected chi connectivity index (χ0v) is 9.27. The lowest BCUT2D eigenvalue weighted by molar-refractivity contribution is 0.375. The molecular weight excluding hydrogens is 146 g/mol. The van der Waals surface area contributed by atoms with Crippen molar-refractivity contribution in [3.8, 4) is 0 Å². The van der Waals surface area contributed by atoms with Crippen LogP contribution in [0.2, 0.25) is 0 Å². The molecule has 0 N–H and O–H groups in total. The molecule has 0 aliphatic carbocycles. The van der Waals surface area contributed by atoms with E-state index in [1.54, 1.807) is 0 Å². The predicted molar refractivity (Wildman–Crippen MR) is 56.5 cm³/mol. The van der Waals surface area contributed by atoms with Crippen LogP contribution in [0.3, 0.4) is 0 Å². The maximum Gasteiger partial charge on any atom is -0.00248 e. The van der Waals surface area contributed by atoms with E-state index in [2.05, 4.69) is 32.8 Å². The van der Waals surface area contributed by atoms with Crippen LogP contribution in [0.4, 0.5) is 0 Å². The molecule has 0 aromatic heterocycles. The SMILES string of the molecule is CCCC(C)CCCCN(C)C. The molecule has 0 rings (SSSR count). The molecule has 12 heavy (non-hydrogen) atoms. The molecule has 1 heteroatoms. The molecule has 0 saturated heterocycles. The highest BCUT2D eigenvalue weighted by Gasteiger charge is 1.99. The molecule has 0 aliphatic rings. The monoisotopic (exact) mass is 171 g/mol. The van der Waals surface area contributed by atoms with Gasteiger partial charge in [-0.1, -0.05) is 39.5 Å². The van der Waals surface area contributed by atoms with Gasteiger partial charge in [-0.05, 0) is 33.0 Å². The van der Waals surface area contributed by atoms with Crippen molar-refractivity contribution in [2.75, 3.05) is 20.6 Å². The molecule has 0 aliphatic heterocycles. The lowest BCUT2D eigenvalue weighted by Gasteiger charge is -2.11. The number of rotatable bonds is 7. The third-order valence-corrected chi connectivity index (χ3v) is 2.33. The van der Waals surface area contributed by atoms with Gasteiger partial charge in [0.25, 0.3) is 0 Å². The molecular formula is C11H25N. The number of nitrogens with zero attached hydrogens (tertiary/aromatic N) is 1. The van der Waals surface area contributed by atoms with Crippen LogP contribution < -0.4 is 0 Å². The first kappa shape index (κ1) is 12.0. The Hall–Kier alpha value is -0.0400. The van der Waals surface area contributed by atoms with Crippen LogP contribution in [0.25, 0.3) is 0 Å². The summed E-state index contributed by atoms with van der Waals surface area (Å²) in [6.07, 6.45) is 6.93. The molecule has 0 heterocycles. The molecule has 0 spiro atoms. The van der Waals surface area contributed by atoms with Gasteiger partial charge in [-0.2, -0.15) is 0 Å². The minimum absolute atomic E-state index is 0.942. The number of unbranched alkanes of at least 4 members (excludes halogenated alkanes) is 1. The Morgan fingerprint density at radius 3 is 2.25 bits per heavy atom. The minimum Gasteiger partial charge on any atom is -0.309 e. The van der Waals surface area contributed by atoms with E-state index in [-0.39, 0.29) is 0 Å². The summed E-state index contributed by atoms with van der Waals surface area (Å²) in [6.45, 7) is 5.90. The Morgan fingerprint density at radius 1 is 1.08 bits per heavy atom. The first-order chi connectivity index (χ1) is 5.66. The van der Waals surface area contributed by atoms with Crippen LogP contribution in [0, 0.1) is 5.92 Å². The lowest BCUT2D eigenvalue weighted by atomic mass is 9.99. The van der Waals surface area contributed by atoms with Crippen molar-refractivity contribution in [2.24, 2.45) is 5.92 Å². The van der Waals surface area contributed by atoms with Gasteiger partial charge in [-0.25, -0.2) is 0 Å². The van der Waals surface area contributed by atoms with Gasteiger partial charge in [0.1, 0.15) is 0 Å². The fourth-order valence-corrected chi connectivity index (χ4v) is 1.56. The van der Waals surface area contributed by atoms with Crippen molar-refractivity contribution in [3.63, 3.8) is 0 Å². The second-order valence-electron chi connectivity index (χ2n) is 4.19. The quantitative estimate of drug-likeness (QED) is 0.532. The Bertz CT molecular complexity index is 89.0. The zero-order valence-electron chi connectivity index (χ0n) is 9.27. The molecule has 0 radical (unpaired) electrons. The van der Waals surface area contributed by atoms with Crippen LogP contribution in [-0.4, -0.2) is 25.5 Å². The normalized spacial score (nSPS) is 13.8. The molecule has 1 atom stereocenters. The second kappa shape index (κ2) is 7.60. The van der Waals surface area contributed by atoms with Crippen molar-refractivity contribution in [1.29, 1.82) is 0 Å². The minimum atomic E-state index is 0.942. The maximum absolute atomic E-state index is 2.37. The Labute approximate surface area is 78.1 Å². The van der Waals surface area contributed by atoms with Gasteiger partial charge in [-0.15, -0.1) is 0 Å². The average Bonchev–Trinajstić information content (AvgIpc) is 1.98. The topological polar surface area (TPSA) is 3.24 Å². The number of hydrogen-bond donors (Lipinski definition) is 0. The van der Waals surface area contributed by atoms with E-state index in [4.69, 9.17) is 0 Å². The van der Waals surface area contributed by atoms with Crippen molar-refractivity contribution in [1.82, 2.24) is 4.90 Å². The van der Waals surface area contributed by atoms with E-state index in [9.17, 15) is 0 Å². The molecule has 0 aromatic rings. The highest BCUT2D eigenvalue weighted by Crippen LogP contribution is 2.13. The smallest absolute Gasteiger partial charge is 0.00248 e. The van der Waals surface area contributed by atoms with E-state index < -0.39 is 0 Å². The Balaban J connectivity index is 3.08. The first-order valence-corrected chi connectivity index (χ1v) is 5.31. The fraction of sp³-hybridized carbons (Fsp3) is 1.00. The van der Waals surface area contributed by atoms with E-state index in [0.717, 1.165) is 5.92 Å². The van der Waals surface area contributed by atoms with Gasteiger partial charge in [-0.3, -0.25) is 0 Å². The van der Waals surface area contributed by atoms with Crippen LogP contribution >= 0.6 is 0 Å². The van der Waals surface area contributed by atoms with Crippen LogP contribution in [0.5, 0.6) is 0 Å². The van der Waals surface area contributed by atoms with E-state index >= 15 is 0 Å². The molecule has 1 unspecified atom stereocenters. The van der Waals surface area contributed by atoms with Crippen molar-refractivity contribution >= 4 is 0 Å². The van der Waals surface area contributed by atoms with Gasteiger partial charge in [0.15, 0.2) is 0 Å². The van der Waals surface area contributed by atoms with Gasteiger partial charge < -0.3 is 4.90 Å². The summed E-state index contributed by atoms with van der Waals surface area (Å²) in [5.41, 5.74) is 0. The lowest BCUT2D eigenvalue weighted by Crippen LogP contribution is -2.12. The third-order valence-electron chi connectivity index (χ3n) is 2.33. The molecule has 74 valence electrons. The summed E-state index contributed by atoms with van der Waals surface area (Å²) in [7, 11) is 4.30. The maximum atomic E-state index is 2.37. The third kappa shape index (κ3) is 8.06. The largest absolute Gasteiger partial charge is 0.309 e. The highest BCUT2D eigenvalue weighted by atomic mass is 15.0. The summed E-state index contributed by atoms with van der Waals surface area (Å²) in [6, 6.07) is 0. The summed E-state index contributed by atoms with van der Waals surface area (Å²) in [5.74, 6) is 0.942. The Kier molecular flexibility index (Phi) is 7.58. The van der Waals surface area contributed by atoms with Gasteiger partial charge in [0, 0.05) is 0 Å². The molecule has 0 amide bonds. The first-order valence-electron chi connectivity index (χ1n) is 5.31. The van der Waals surface area contributed by atoms with E-state index in [1.807, 2.05) is 0 Å². The predicted octanol–water partition coefficient (Wildman–Crippen LogP) is 3.15. The van der Waals surface area contributed by atoms with E-state index in [0.29, 0.717) is 0 Å². The molecule has 0 bridgehead atoms. The van der Waals surface area contributed by atoms with Gasteiger partial charge >= 0.3 is 0 Å². The zero-order chi connectivity index (χ0) is 9.40. The van der Waals surface area contributed by atoms with Gasteiger partial charge in [0.2, 0.25) is 0 Å². The van der Waals surface area contributed by atoms with E-state index in [1.165, 1.54) is 38.6 Å². The van der Waals surface area contributed by atoms with Crippen molar-refractivity contribution in [3.05, 3.63) is 0 Å². The Morgan fingerprint density at radius 2 is 1.75 bits per heavy atom. The van der Waals surface area contributed by atoms with Gasteiger partial charge in [0.05, 0.1) is 0 Å². The summed E-state index contributed by atoms with van der Waals surface area (Å²) >= 11 is 0. The van der Waals surface area contributed by atoms with Crippen molar-refractivity contribution < 1.29 is 0 Å². The summed E-state index contributed by atoms with van der Waals surface area (Å²) in [5, 5.41) is 0. The molecule has 0 aromatic carbocycles. The molecule has 0 fully saturated rings. The highest BCUT2D eigenvalue weighted by molar-refractivity contribution is 4.53. The molecule has 0 saturated carbocycles. The average molecular weight is 171 g/mol. The number of hydrogen-bond acceptors (Lipinski definition) is 1. The van der Waals surface area contributed by atoms with Crippen LogP contribution in [0.1, 0.15) is 46.0 Å². The summed E-state index contributed by atoms with van der Waals surface area (Å²) < 4.78 is 0. The molecule has 1 nitrogen and oxygen atoms in total. The van der Waals surface area contributed by atoms with Crippen LogP contribution in [-0.2, 0) is 0 Å². The van der Waals surface area contributed by atoms with Crippen molar-refractivity contribution in [2.45, 2.75) is 46.0 Å². The second-order valence-corrected chi connectivity index (χ2v) is 4.19. The standard InChI is InChI=1S/C11H25N/c1-5-8-11(2)9-6-7-10-12(3)4/h11H,5-10H2,1-4H3. The summed E-state index contributed by atoms with van der Waals surface area (Å²) in [4.78, 5) is 2.27. The van der Waals surface area contributed by atoms with Crippen LogP contribution in [0.15, 0.2) is 0 Å². The fourth-order valence-electron chi connectivity index (χ4n) is 1.56.